The van der Waals surface area contributed by atoms with Crippen molar-refractivity contribution in [2.75, 3.05) is 13.7 Å². The summed E-state index contributed by atoms with van der Waals surface area (Å²) in [6.45, 7) is 0.522. The van der Waals surface area contributed by atoms with Gasteiger partial charge in [0.1, 0.15) is 0 Å². The molecule has 1 aliphatic heterocycles. The Kier molecular flexibility index (Phi) is 7.32. The maximum atomic E-state index is 13.7. The summed E-state index contributed by atoms with van der Waals surface area (Å²) >= 11 is 5.98. The van der Waals surface area contributed by atoms with Crippen molar-refractivity contribution < 1.29 is 18.7 Å². The monoisotopic (exact) mass is 432 g/mol. The smallest absolute Gasteiger partial charge is 0.220 e. The lowest BCUT2D eigenvalue weighted by Crippen LogP contribution is -2.44. The maximum absolute atomic E-state index is 13.7. The van der Waals surface area contributed by atoms with Crippen LogP contribution in [0.25, 0.3) is 0 Å². The van der Waals surface area contributed by atoms with Gasteiger partial charge in [-0.2, -0.15) is 0 Å². The number of amides is 2. The molecule has 0 bridgehead atoms. The molecule has 2 N–H and O–H groups in total. The largest absolute Gasteiger partial charge is 0.494 e. The second-order valence-electron chi connectivity index (χ2n) is 7.70. The molecule has 0 aromatic heterocycles. The van der Waals surface area contributed by atoms with Crippen LogP contribution in [0.4, 0.5) is 4.39 Å². The van der Waals surface area contributed by atoms with Gasteiger partial charge in [0.25, 0.3) is 0 Å². The van der Waals surface area contributed by atoms with Crippen molar-refractivity contribution in [3.63, 3.8) is 0 Å². The quantitative estimate of drug-likeness (QED) is 0.633. The van der Waals surface area contributed by atoms with Crippen molar-refractivity contribution in [2.45, 2.75) is 44.1 Å². The molecule has 0 radical (unpaired) electrons. The van der Waals surface area contributed by atoms with E-state index in [9.17, 15) is 14.0 Å². The van der Waals surface area contributed by atoms with Crippen LogP contribution < -0.4 is 15.4 Å². The number of carbonyl (C=O) groups excluding carboxylic acids is 2. The minimum Gasteiger partial charge on any atom is -0.494 e. The average Bonchev–Trinajstić information content (AvgIpc) is 3.09. The Balaban J connectivity index is 1.55. The molecule has 7 heteroatoms. The van der Waals surface area contributed by atoms with Gasteiger partial charge >= 0.3 is 0 Å². The minimum atomic E-state index is -0.510. The highest BCUT2D eigenvalue weighted by atomic mass is 35.5. The van der Waals surface area contributed by atoms with Crippen LogP contribution in [0.1, 0.15) is 36.8 Å². The number of hydrogen-bond acceptors (Lipinski definition) is 3. The van der Waals surface area contributed by atoms with Crippen LogP contribution in [0, 0.1) is 5.82 Å². The fourth-order valence-corrected chi connectivity index (χ4v) is 4.08. The molecule has 2 amide bonds. The van der Waals surface area contributed by atoms with Gasteiger partial charge in [0.15, 0.2) is 11.6 Å². The Bertz CT molecular complexity index is 921. The molecule has 1 heterocycles. The van der Waals surface area contributed by atoms with Crippen LogP contribution in [0.15, 0.2) is 42.5 Å². The molecule has 0 spiro atoms. The Morgan fingerprint density at radius 1 is 1.27 bits per heavy atom. The van der Waals surface area contributed by atoms with Crippen LogP contribution in [0.3, 0.4) is 0 Å². The van der Waals surface area contributed by atoms with E-state index in [-0.39, 0.29) is 17.6 Å². The first kappa shape index (κ1) is 22.1. The molecule has 0 unspecified atom stereocenters. The van der Waals surface area contributed by atoms with Gasteiger partial charge in [-0.15, -0.1) is 0 Å². The zero-order valence-electron chi connectivity index (χ0n) is 17.0. The third kappa shape index (κ3) is 5.95. The van der Waals surface area contributed by atoms with E-state index in [1.165, 1.54) is 13.2 Å². The molecular weight excluding hydrogens is 407 g/mol. The zero-order valence-corrected chi connectivity index (χ0v) is 17.7. The summed E-state index contributed by atoms with van der Waals surface area (Å²) in [7, 11) is 1.42. The van der Waals surface area contributed by atoms with Gasteiger partial charge in [0.2, 0.25) is 11.8 Å². The fourth-order valence-electron chi connectivity index (χ4n) is 3.87. The third-order valence-electron chi connectivity index (χ3n) is 5.45. The number of carbonyl (C=O) groups is 2. The van der Waals surface area contributed by atoms with Gasteiger partial charge in [0.05, 0.1) is 7.11 Å². The Morgan fingerprint density at radius 2 is 2.10 bits per heavy atom. The number of methoxy groups -OCH3 is 1. The number of halogens is 2. The van der Waals surface area contributed by atoms with Crippen molar-refractivity contribution in [2.24, 2.45) is 0 Å². The molecule has 1 saturated heterocycles. The lowest BCUT2D eigenvalue weighted by molar-refractivity contribution is -0.122. The SMILES string of the molecule is COc1cc(C[C@@]2(CCC(=O)NCCc3cccc(Cl)c3)CCC(=O)N2)ccc1F. The highest BCUT2D eigenvalue weighted by Crippen LogP contribution is 2.31. The Morgan fingerprint density at radius 3 is 2.80 bits per heavy atom. The predicted molar refractivity (Wildman–Crippen MR) is 114 cm³/mol. The van der Waals surface area contributed by atoms with Crippen molar-refractivity contribution in [1.29, 1.82) is 0 Å². The number of benzene rings is 2. The van der Waals surface area contributed by atoms with E-state index in [2.05, 4.69) is 10.6 Å². The number of hydrogen-bond donors (Lipinski definition) is 2. The van der Waals surface area contributed by atoms with Crippen LogP contribution in [-0.4, -0.2) is 31.0 Å². The normalized spacial score (nSPS) is 18.2. The van der Waals surface area contributed by atoms with Gasteiger partial charge in [0, 0.05) is 29.9 Å². The summed E-state index contributed by atoms with van der Waals surface area (Å²) in [4.78, 5) is 24.3. The summed E-state index contributed by atoms with van der Waals surface area (Å²) in [6, 6.07) is 12.3. The average molecular weight is 433 g/mol. The predicted octanol–water partition coefficient (Wildman–Crippen LogP) is 3.82. The van der Waals surface area contributed by atoms with Crippen LogP contribution in [0.5, 0.6) is 5.75 Å². The van der Waals surface area contributed by atoms with Crippen molar-refractivity contribution in [3.8, 4) is 5.75 Å². The minimum absolute atomic E-state index is 0.0227. The van der Waals surface area contributed by atoms with E-state index in [0.717, 1.165) is 11.1 Å². The van der Waals surface area contributed by atoms with Crippen molar-refractivity contribution in [3.05, 3.63) is 64.4 Å². The molecule has 0 aliphatic carbocycles. The molecule has 1 fully saturated rings. The molecule has 160 valence electrons. The first-order valence-corrected chi connectivity index (χ1v) is 10.4. The molecule has 1 aliphatic rings. The lowest BCUT2D eigenvalue weighted by atomic mass is 9.85. The summed E-state index contributed by atoms with van der Waals surface area (Å²) in [6.07, 6.45) is 3.10. The molecule has 1 atom stereocenters. The van der Waals surface area contributed by atoms with E-state index in [0.29, 0.717) is 50.1 Å². The molecular formula is C23H26ClFN2O3. The van der Waals surface area contributed by atoms with E-state index >= 15 is 0 Å². The van der Waals surface area contributed by atoms with Crippen molar-refractivity contribution in [1.82, 2.24) is 10.6 Å². The molecule has 0 saturated carbocycles. The first-order valence-electron chi connectivity index (χ1n) is 10.0. The van der Waals surface area contributed by atoms with Crippen LogP contribution in [0.2, 0.25) is 5.02 Å². The Labute approximate surface area is 181 Å². The number of nitrogens with one attached hydrogen (secondary N) is 2. The van der Waals surface area contributed by atoms with E-state index in [1.54, 1.807) is 12.1 Å². The van der Waals surface area contributed by atoms with E-state index < -0.39 is 11.4 Å². The lowest BCUT2D eigenvalue weighted by Gasteiger charge is -2.29. The van der Waals surface area contributed by atoms with Crippen molar-refractivity contribution >= 4 is 23.4 Å². The second kappa shape index (κ2) is 9.94. The van der Waals surface area contributed by atoms with Gasteiger partial charge in [-0.3, -0.25) is 9.59 Å². The standard InChI is InChI=1S/C23H26ClFN2O3/c1-30-20-14-17(5-6-19(20)25)15-23(11-8-22(29)27-23)10-7-21(28)26-12-9-16-3-2-4-18(24)13-16/h2-6,13-14H,7-12,15H2,1H3,(H,26,28)(H,27,29)/t23-/m1/s1. The highest BCUT2D eigenvalue weighted by molar-refractivity contribution is 6.30. The third-order valence-corrected chi connectivity index (χ3v) is 5.68. The van der Waals surface area contributed by atoms with Gasteiger partial charge in [-0.25, -0.2) is 4.39 Å². The van der Waals surface area contributed by atoms with Crippen LogP contribution in [-0.2, 0) is 22.4 Å². The summed E-state index contributed by atoms with van der Waals surface area (Å²) < 4.78 is 18.8. The number of ether oxygens (including phenoxy) is 1. The van der Waals surface area contributed by atoms with Crippen LogP contribution >= 0.6 is 11.6 Å². The molecule has 5 nitrogen and oxygen atoms in total. The Hall–Kier alpha value is -2.60. The first-order chi connectivity index (χ1) is 14.4. The molecule has 30 heavy (non-hydrogen) atoms. The topological polar surface area (TPSA) is 67.4 Å². The van der Waals surface area contributed by atoms with Gasteiger partial charge in [-0.1, -0.05) is 29.8 Å². The molecule has 2 aromatic carbocycles. The number of rotatable bonds is 9. The maximum Gasteiger partial charge on any atom is 0.220 e. The summed E-state index contributed by atoms with van der Waals surface area (Å²) in [5.41, 5.74) is 1.41. The van der Waals surface area contributed by atoms with E-state index in [4.69, 9.17) is 16.3 Å². The second-order valence-corrected chi connectivity index (χ2v) is 8.14. The van der Waals surface area contributed by atoms with Gasteiger partial charge < -0.3 is 15.4 Å². The zero-order chi connectivity index (χ0) is 21.6. The molecule has 2 aromatic rings. The van der Waals surface area contributed by atoms with E-state index in [1.807, 2.05) is 24.3 Å². The highest BCUT2D eigenvalue weighted by Gasteiger charge is 2.38. The van der Waals surface area contributed by atoms with Gasteiger partial charge in [-0.05, 0) is 61.1 Å². The summed E-state index contributed by atoms with van der Waals surface area (Å²) in [5.74, 6) is -0.338. The molecule has 3 rings (SSSR count). The fraction of sp³-hybridized carbons (Fsp3) is 0.391. The summed E-state index contributed by atoms with van der Waals surface area (Å²) in [5, 5.41) is 6.65.